The molecule has 2 rings (SSSR count). The highest BCUT2D eigenvalue weighted by Gasteiger charge is 2.16. The lowest BCUT2D eigenvalue weighted by Gasteiger charge is -2.20. The second-order valence-corrected chi connectivity index (χ2v) is 4.95. The Balaban J connectivity index is 2.21. The second kappa shape index (κ2) is 7.10. The van der Waals surface area contributed by atoms with Gasteiger partial charge in [0.25, 0.3) is 0 Å². The topological polar surface area (TPSA) is 39.1 Å². The first-order chi connectivity index (χ1) is 9.76. The van der Waals surface area contributed by atoms with E-state index in [0.29, 0.717) is 0 Å². The summed E-state index contributed by atoms with van der Waals surface area (Å²) in [5.74, 6) is 0.943. The van der Waals surface area contributed by atoms with Crippen molar-refractivity contribution in [1.82, 2.24) is 14.9 Å². The highest BCUT2D eigenvalue weighted by atomic mass is 16.5. The molecule has 4 nitrogen and oxygen atoms in total. The third kappa shape index (κ3) is 3.39. The first kappa shape index (κ1) is 14.6. The molecule has 0 radical (unpaired) electrons. The number of hydrogen-bond acceptors (Lipinski definition) is 3. The maximum absolute atomic E-state index is 5.45. The molecule has 0 aliphatic heterocycles. The number of aryl methyl sites for hydroxylation is 1. The zero-order valence-corrected chi connectivity index (χ0v) is 12.5. The Hall–Kier alpha value is -1.81. The smallest absolute Gasteiger partial charge is 0.122 e. The fourth-order valence-electron chi connectivity index (χ4n) is 2.39. The van der Waals surface area contributed by atoms with E-state index in [9.17, 15) is 0 Å². The van der Waals surface area contributed by atoms with Crippen LogP contribution in [0.1, 0.15) is 30.6 Å². The normalized spacial score (nSPS) is 12.3. The highest BCUT2D eigenvalue weighted by molar-refractivity contribution is 5.34. The van der Waals surface area contributed by atoms with Crippen LogP contribution in [0.4, 0.5) is 0 Å². The number of para-hydroxylation sites is 1. The van der Waals surface area contributed by atoms with Crippen molar-refractivity contribution in [3.8, 4) is 5.75 Å². The van der Waals surface area contributed by atoms with E-state index in [4.69, 9.17) is 4.74 Å². The monoisotopic (exact) mass is 273 g/mol. The minimum absolute atomic E-state index is 0.249. The number of hydrogen-bond donors (Lipinski definition) is 1. The van der Waals surface area contributed by atoms with Crippen molar-refractivity contribution in [2.24, 2.45) is 7.05 Å². The summed E-state index contributed by atoms with van der Waals surface area (Å²) in [7, 11) is 3.75. The molecule has 0 bridgehead atoms. The van der Waals surface area contributed by atoms with Gasteiger partial charge in [-0.3, -0.25) is 0 Å². The Morgan fingerprint density at radius 2 is 2.15 bits per heavy atom. The molecule has 108 valence electrons. The van der Waals surface area contributed by atoms with Crippen molar-refractivity contribution >= 4 is 0 Å². The van der Waals surface area contributed by atoms with E-state index in [-0.39, 0.29) is 6.04 Å². The van der Waals surface area contributed by atoms with Crippen LogP contribution in [-0.4, -0.2) is 23.2 Å². The molecule has 1 unspecified atom stereocenters. The van der Waals surface area contributed by atoms with Crippen molar-refractivity contribution in [1.29, 1.82) is 0 Å². The molecule has 1 atom stereocenters. The highest BCUT2D eigenvalue weighted by Crippen LogP contribution is 2.24. The molecule has 0 saturated heterocycles. The van der Waals surface area contributed by atoms with Crippen LogP contribution in [0.2, 0.25) is 0 Å². The van der Waals surface area contributed by atoms with Crippen LogP contribution >= 0.6 is 0 Å². The van der Waals surface area contributed by atoms with Gasteiger partial charge < -0.3 is 14.6 Å². The van der Waals surface area contributed by atoms with Crippen molar-refractivity contribution in [3.63, 3.8) is 0 Å². The Morgan fingerprint density at radius 1 is 1.35 bits per heavy atom. The fourth-order valence-corrected chi connectivity index (χ4v) is 2.39. The van der Waals surface area contributed by atoms with Gasteiger partial charge in [-0.15, -0.1) is 0 Å². The molecule has 4 heteroatoms. The standard InChI is InChI=1S/C16H23N3O/c1-4-9-18-14(15-11-17-12-19(15)2)10-13-7-5-6-8-16(13)20-3/h5-8,11-12,14,18H,4,9-10H2,1-3H3. The molecule has 1 heterocycles. The van der Waals surface area contributed by atoms with E-state index in [2.05, 4.69) is 33.9 Å². The van der Waals surface area contributed by atoms with Gasteiger partial charge >= 0.3 is 0 Å². The summed E-state index contributed by atoms with van der Waals surface area (Å²) in [5, 5.41) is 3.60. The summed E-state index contributed by atoms with van der Waals surface area (Å²) in [6, 6.07) is 8.43. The summed E-state index contributed by atoms with van der Waals surface area (Å²) in [5.41, 5.74) is 2.41. The quantitative estimate of drug-likeness (QED) is 0.843. The molecule has 0 amide bonds. The number of benzene rings is 1. The molecule has 0 aliphatic rings. The SMILES string of the molecule is CCCNC(Cc1ccccc1OC)c1cncn1C. The lowest BCUT2D eigenvalue weighted by atomic mass is 10.0. The summed E-state index contributed by atoms with van der Waals surface area (Å²) in [6.45, 7) is 3.17. The molecule has 20 heavy (non-hydrogen) atoms. The Bertz CT molecular complexity index is 536. The van der Waals surface area contributed by atoms with Crippen molar-refractivity contribution < 1.29 is 4.74 Å². The van der Waals surface area contributed by atoms with Crippen LogP contribution in [0.15, 0.2) is 36.8 Å². The lowest BCUT2D eigenvalue weighted by molar-refractivity contribution is 0.404. The van der Waals surface area contributed by atoms with Gasteiger partial charge in [-0.2, -0.15) is 0 Å². The van der Waals surface area contributed by atoms with Gasteiger partial charge in [-0.1, -0.05) is 25.1 Å². The number of nitrogens with zero attached hydrogens (tertiary/aromatic N) is 2. The molecular weight excluding hydrogens is 250 g/mol. The number of rotatable bonds is 7. The van der Waals surface area contributed by atoms with E-state index < -0.39 is 0 Å². The van der Waals surface area contributed by atoms with Gasteiger partial charge in [-0.25, -0.2) is 4.98 Å². The van der Waals surface area contributed by atoms with Crippen LogP contribution in [0.5, 0.6) is 5.75 Å². The maximum Gasteiger partial charge on any atom is 0.122 e. The van der Waals surface area contributed by atoms with Crippen molar-refractivity contribution in [2.45, 2.75) is 25.8 Å². The average Bonchev–Trinajstić information content (AvgIpc) is 2.90. The number of nitrogens with one attached hydrogen (secondary N) is 1. The van der Waals surface area contributed by atoms with Crippen LogP contribution in [0.25, 0.3) is 0 Å². The summed E-state index contributed by atoms with van der Waals surface area (Å²) in [4.78, 5) is 4.23. The van der Waals surface area contributed by atoms with E-state index >= 15 is 0 Å². The van der Waals surface area contributed by atoms with Gasteiger partial charge in [0.15, 0.2) is 0 Å². The van der Waals surface area contributed by atoms with E-state index in [1.165, 1.54) is 11.3 Å². The predicted molar refractivity (Wildman–Crippen MR) is 80.9 cm³/mol. The van der Waals surface area contributed by atoms with E-state index in [1.54, 1.807) is 7.11 Å². The van der Waals surface area contributed by atoms with Crippen LogP contribution in [0.3, 0.4) is 0 Å². The molecular formula is C16H23N3O. The van der Waals surface area contributed by atoms with Gasteiger partial charge in [-0.05, 0) is 31.0 Å². The molecule has 2 aromatic rings. The first-order valence-corrected chi connectivity index (χ1v) is 7.07. The zero-order chi connectivity index (χ0) is 14.4. The van der Waals surface area contributed by atoms with Gasteiger partial charge in [0, 0.05) is 13.2 Å². The largest absolute Gasteiger partial charge is 0.496 e. The number of aromatic nitrogens is 2. The number of ether oxygens (including phenoxy) is 1. The van der Waals surface area contributed by atoms with Gasteiger partial charge in [0.1, 0.15) is 5.75 Å². The molecule has 1 N–H and O–H groups in total. The maximum atomic E-state index is 5.45. The third-order valence-electron chi connectivity index (χ3n) is 3.47. The van der Waals surface area contributed by atoms with Gasteiger partial charge in [0.05, 0.1) is 25.2 Å². The minimum atomic E-state index is 0.249. The lowest BCUT2D eigenvalue weighted by Crippen LogP contribution is -2.26. The molecule has 0 saturated carbocycles. The zero-order valence-electron chi connectivity index (χ0n) is 12.5. The Morgan fingerprint density at radius 3 is 2.80 bits per heavy atom. The molecule has 1 aromatic carbocycles. The predicted octanol–water partition coefficient (Wildman–Crippen LogP) is 2.71. The summed E-state index contributed by atoms with van der Waals surface area (Å²) in [6.07, 6.45) is 5.78. The first-order valence-electron chi connectivity index (χ1n) is 7.07. The number of methoxy groups -OCH3 is 1. The van der Waals surface area contributed by atoms with Crippen LogP contribution in [-0.2, 0) is 13.5 Å². The van der Waals surface area contributed by atoms with E-state index in [0.717, 1.165) is 25.1 Å². The number of imidazole rings is 1. The summed E-state index contributed by atoms with van der Waals surface area (Å²) >= 11 is 0. The Kier molecular flexibility index (Phi) is 5.18. The average molecular weight is 273 g/mol. The second-order valence-electron chi connectivity index (χ2n) is 4.95. The fraction of sp³-hybridized carbons (Fsp3) is 0.438. The minimum Gasteiger partial charge on any atom is -0.496 e. The molecule has 0 spiro atoms. The Labute approximate surface area is 120 Å². The van der Waals surface area contributed by atoms with Crippen molar-refractivity contribution in [2.75, 3.05) is 13.7 Å². The molecule has 1 aromatic heterocycles. The molecule has 0 aliphatic carbocycles. The van der Waals surface area contributed by atoms with E-state index in [1.807, 2.05) is 31.7 Å². The van der Waals surface area contributed by atoms with Crippen molar-refractivity contribution in [3.05, 3.63) is 48.0 Å². The van der Waals surface area contributed by atoms with Crippen LogP contribution in [0, 0.1) is 0 Å². The van der Waals surface area contributed by atoms with Gasteiger partial charge in [0.2, 0.25) is 0 Å². The summed E-state index contributed by atoms with van der Waals surface area (Å²) < 4.78 is 7.52. The van der Waals surface area contributed by atoms with Crippen LogP contribution < -0.4 is 10.1 Å². The third-order valence-corrected chi connectivity index (χ3v) is 3.47. The molecule has 0 fully saturated rings.